The molecule has 0 heterocycles. The van der Waals surface area contributed by atoms with Gasteiger partial charge in [-0.1, -0.05) is 18.2 Å². The van der Waals surface area contributed by atoms with E-state index in [1.807, 2.05) is 24.3 Å². The summed E-state index contributed by atoms with van der Waals surface area (Å²) in [5, 5.41) is 6.69. The zero-order valence-electron chi connectivity index (χ0n) is 11.0. The number of hydrogen-bond donors (Lipinski definition) is 2. The molecule has 0 aliphatic carbocycles. The zero-order valence-corrected chi connectivity index (χ0v) is 13.2. The molecule has 0 saturated carbocycles. The van der Waals surface area contributed by atoms with Crippen LogP contribution in [-0.4, -0.2) is 18.7 Å². The first-order chi connectivity index (χ1) is 10.1. The van der Waals surface area contributed by atoms with E-state index in [0.29, 0.717) is 5.56 Å². The number of carbonyl (C=O) groups excluding carboxylic acids is 1. The van der Waals surface area contributed by atoms with Gasteiger partial charge < -0.3 is 5.32 Å². The molecule has 0 bridgehead atoms. The van der Waals surface area contributed by atoms with Crippen molar-refractivity contribution >= 4 is 40.4 Å². The lowest BCUT2D eigenvalue weighted by Crippen LogP contribution is -2.25. The third-order valence-corrected chi connectivity index (χ3v) is 3.31. The lowest BCUT2D eigenvalue weighted by molar-refractivity contribution is -0.119. The van der Waals surface area contributed by atoms with Gasteiger partial charge in [-0.3, -0.25) is 4.79 Å². The van der Waals surface area contributed by atoms with Crippen LogP contribution in [0.4, 0.5) is 10.1 Å². The number of hydrogen-bond acceptors (Lipinski definition) is 3. The Hall–Kier alpha value is -1.96. The number of hydrazone groups is 1. The molecule has 1 amide bonds. The van der Waals surface area contributed by atoms with Gasteiger partial charge in [-0.25, -0.2) is 9.82 Å². The van der Waals surface area contributed by atoms with Gasteiger partial charge >= 0.3 is 0 Å². The van der Waals surface area contributed by atoms with Crippen molar-refractivity contribution in [1.29, 1.82) is 0 Å². The minimum atomic E-state index is -0.382. The summed E-state index contributed by atoms with van der Waals surface area (Å²) in [5.74, 6) is -0.686. The smallest absolute Gasteiger partial charge is 0.259 e. The molecule has 4 nitrogen and oxygen atoms in total. The van der Waals surface area contributed by atoms with E-state index >= 15 is 0 Å². The molecule has 2 N–H and O–H groups in total. The van der Waals surface area contributed by atoms with Gasteiger partial charge in [-0.15, -0.1) is 0 Å². The maximum absolute atomic E-state index is 13.3. The number of benzene rings is 2. The largest absolute Gasteiger partial charge is 0.376 e. The second-order valence-electron chi connectivity index (χ2n) is 4.18. The number of nitrogens with zero attached hydrogens (tertiary/aromatic N) is 1. The van der Waals surface area contributed by atoms with Crippen molar-refractivity contribution in [3.05, 3.63) is 63.5 Å². The third kappa shape index (κ3) is 5.14. The van der Waals surface area contributed by atoms with Crippen LogP contribution < -0.4 is 10.7 Å². The first-order valence-electron chi connectivity index (χ1n) is 6.21. The van der Waals surface area contributed by atoms with Gasteiger partial charge in [-0.2, -0.15) is 5.10 Å². The van der Waals surface area contributed by atoms with E-state index in [2.05, 4.69) is 38.4 Å². The minimum Gasteiger partial charge on any atom is -0.376 e. The van der Waals surface area contributed by atoms with E-state index in [1.54, 1.807) is 18.2 Å². The second kappa shape index (κ2) is 7.72. The average molecular weight is 397 g/mol. The van der Waals surface area contributed by atoms with Crippen LogP contribution in [0.15, 0.2) is 53.6 Å². The summed E-state index contributed by atoms with van der Waals surface area (Å²) in [4.78, 5) is 11.6. The molecule has 0 aromatic heterocycles. The molecule has 0 spiro atoms. The highest BCUT2D eigenvalue weighted by Gasteiger charge is 2.00. The lowest BCUT2D eigenvalue weighted by atomic mass is 10.2. The van der Waals surface area contributed by atoms with Crippen molar-refractivity contribution < 1.29 is 9.18 Å². The third-order valence-electron chi connectivity index (χ3n) is 2.60. The van der Waals surface area contributed by atoms with Crippen LogP contribution in [-0.2, 0) is 4.79 Å². The maximum atomic E-state index is 13.3. The molecule has 0 saturated heterocycles. The molecule has 0 aliphatic rings. The van der Waals surface area contributed by atoms with Crippen molar-refractivity contribution in [2.45, 2.75) is 0 Å². The average Bonchev–Trinajstić information content (AvgIpc) is 2.49. The van der Waals surface area contributed by atoms with Crippen molar-refractivity contribution in [2.24, 2.45) is 5.10 Å². The predicted octanol–water partition coefficient (Wildman–Crippen LogP) is 2.99. The molecular formula is C15H13FIN3O. The molecule has 0 atom stereocenters. The SMILES string of the molecule is O=C(CNc1ccc(I)cc1)N/N=C/c1ccccc1F. The van der Waals surface area contributed by atoms with Gasteiger partial charge in [0.15, 0.2) is 0 Å². The Morgan fingerprint density at radius 2 is 1.90 bits per heavy atom. The van der Waals surface area contributed by atoms with E-state index in [4.69, 9.17) is 0 Å². The Morgan fingerprint density at radius 1 is 1.19 bits per heavy atom. The van der Waals surface area contributed by atoms with Crippen LogP contribution >= 0.6 is 22.6 Å². The molecule has 108 valence electrons. The fraction of sp³-hybridized carbons (Fsp3) is 0.0667. The van der Waals surface area contributed by atoms with Crippen molar-refractivity contribution in [2.75, 3.05) is 11.9 Å². The van der Waals surface area contributed by atoms with Crippen LogP contribution in [0.25, 0.3) is 0 Å². The molecule has 6 heteroatoms. The number of nitrogens with one attached hydrogen (secondary N) is 2. The van der Waals surface area contributed by atoms with E-state index in [0.717, 1.165) is 9.26 Å². The summed E-state index contributed by atoms with van der Waals surface area (Å²) in [7, 11) is 0. The van der Waals surface area contributed by atoms with Crippen LogP contribution in [0.3, 0.4) is 0 Å². The fourth-order valence-electron chi connectivity index (χ4n) is 1.54. The van der Waals surface area contributed by atoms with Crippen molar-refractivity contribution in [1.82, 2.24) is 5.43 Å². The normalized spacial score (nSPS) is 10.6. The topological polar surface area (TPSA) is 53.5 Å². The zero-order chi connectivity index (χ0) is 15.1. The Balaban J connectivity index is 1.80. The van der Waals surface area contributed by atoms with Crippen LogP contribution in [0, 0.1) is 9.39 Å². The molecule has 2 rings (SSSR count). The highest BCUT2D eigenvalue weighted by atomic mass is 127. The van der Waals surface area contributed by atoms with Gasteiger partial charge in [0.2, 0.25) is 0 Å². The van der Waals surface area contributed by atoms with Crippen molar-refractivity contribution in [3.8, 4) is 0 Å². The van der Waals surface area contributed by atoms with E-state index in [-0.39, 0.29) is 18.3 Å². The number of rotatable bonds is 5. The Bertz CT molecular complexity index is 644. The number of halogens is 2. The Kier molecular flexibility index (Phi) is 5.68. The summed E-state index contributed by atoms with van der Waals surface area (Å²) >= 11 is 2.21. The van der Waals surface area contributed by atoms with Crippen LogP contribution in [0.5, 0.6) is 0 Å². The fourth-order valence-corrected chi connectivity index (χ4v) is 1.90. The molecule has 2 aromatic carbocycles. The van der Waals surface area contributed by atoms with Gasteiger partial charge in [0.1, 0.15) is 5.82 Å². The quantitative estimate of drug-likeness (QED) is 0.463. The predicted molar refractivity (Wildman–Crippen MR) is 89.8 cm³/mol. The monoisotopic (exact) mass is 397 g/mol. The highest BCUT2D eigenvalue weighted by molar-refractivity contribution is 14.1. The van der Waals surface area contributed by atoms with E-state index in [9.17, 15) is 9.18 Å². The van der Waals surface area contributed by atoms with Crippen LogP contribution in [0.1, 0.15) is 5.56 Å². The highest BCUT2D eigenvalue weighted by Crippen LogP contribution is 2.10. The molecule has 0 radical (unpaired) electrons. The van der Waals surface area contributed by atoms with Gasteiger partial charge in [0.25, 0.3) is 5.91 Å². The molecule has 0 unspecified atom stereocenters. The minimum absolute atomic E-state index is 0.0925. The van der Waals surface area contributed by atoms with Gasteiger partial charge in [0.05, 0.1) is 12.8 Å². The summed E-state index contributed by atoms with van der Waals surface area (Å²) in [6.07, 6.45) is 1.28. The summed E-state index contributed by atoms with van der Waals surface area (Å²) in [6, 6.07) is 13.9. The summed E-state index contributed by atoms with van der Waals surface area (Å²) in [6.45, 7) is 0.0925. The summed E-state index contributed by atoms with van der Waals surface area (Å²) in [5.41, 5.74) is 3.51. The molecule has 0 aliphatic heterocycles. The van der Waals surface area contributed by atoms with Crippen LogP contribution in [0.2, 0.25) is 0 Å². The standard InChI is InChI=1S/C15H13FIN3O/c16-14-4-2-1-3-11(14)9-19-20-15(21)10-18-13-7-5-12(17)6-8-13/h1-9,18H,10H2,(H,20,21)/b19-9+. The van der Waals surface area contributed by atoms with Gasteiger partial charge in [-0.05, 0) is 52.9 Å². The lowest BCUT2D eigenvalue weighted by Gasteiger charge is -2.05. The molecule has 2 aromatic rings. The molecule has 21 heavy (non-hydrogen) atoms. The maximum Gasteiger partial charge on any atom is 0.259 e. The molecular weight excluding hydrogens is 384 g/mol. The first-order valence-corrected chi connectivity index (χ1v) is 7.29. The number of carbonyl (C=O) groups is 1. The molecule has 0 fully saturated rings. The Morgan fingerprint density at radius 3 is 2.62 bits per heavy atom. The van der Waals surface area contributed by atoms with Gasteiger partial charge in [0, 0.05) is 14.8 Å². The second-order valence-corrected chi connectivity index (χ2v) is 5.42. The van der Waals surface area contributed by atoms with E-state index < -0.39 is 0 Å². The first kappa shape index (κ1) is 15.4. The van der Waals surface area contributed by atoms with E-state index in [1.165, 1.54) is 12.3 Å². The van der Waals surface area contributed by atoms with Crippen molar-refractivity contribution in [3.63, 3.8) is 0 Å². The number of amides is 1. The summed E-state index contributed by atoms with van der Waals surface area (Å²) < 4.78 is 14.4. The number of anilines is 1. The Labute approximate surface area is 135 Å².